The molecule has 0 bridgehead atoms. The summed E-state index contributed by atoms with van der Waals surface area (Å²) in [5.74, 6) is 0.798. The third-order valence-electron chi connectivity index (χ3n) is 5.60. The fourth-order valence-electron chi connectivity index (χ4n) is 3.52. The van der Waals surface area contributed by atoms with Gasteiger partial charge in [-0.2, -0.15) is 4.68 Å². The highest BCUT2D eigenvalue weighted by Crippen LogP contribution is 2.16. The van der Waals surface area contributed by atoms with E-state index in [4.69, 9.17) is 0 Å². The van der Waals surface area contributed by atoms with Crippen LogP contribution in [0.1, 0.15) is 22.5 Å². The fraction of sp³-hybridized carbons (Fsp3) is 0.364. The summed E-state index contributed by atoms with van der Waals surface area (Å²) in [7, 11) is 0. The Morgan fingerprint density at radius 1 is 0.967 bits per heavy atom. The van der Waals surface area contributed by atoms with E-state index in [9.17, 15) is 4.79 Å². The van der Waals surface area contributed by atoms with Gasteiger partial charge in [0.2, 0.25) is 0 Å². The summed E-state index contributed by atoms with van der Waals surface area (Å²) in [4.78, 5) is 16.7. The Labute approximate surface area is 176 Å². The van der Waals surface area contributed by atoms with Crippen LogP contribution in [0.3, 0.4) is 0 Å². The van der Waals surface area contributed by atoms with Crippen LogP contribution in [0.5, 0.6) is 0 Å². The number of carbonyl (C=O) groups excluding carboxylic acids is 1. The molecular formula is C22H27N7O. The van der Waals surface area contributed by atoms with Gasteiger partial charge in [-0.1, -0.05) is 23.8 Å². The molecule has 8 nitrogen and oxygen atoms in total. The van der Waals surface area contributed by atoms with Crippen molar-refractivity contribution in [1.82, 2.24) is 30.0 Å². The number of amides is 2. The number of hydrogen-bond donors (Lipinski definition) is 1. The zero-order valence-corrected chi connectivity index (χ0v) is 17.7. The highest BCUT2D eigenvalue weighted by atomic mass is 16.2. The van der Waals surface area contributed by atoms with Crippen molar-refractivity contribution in [3.63, 3.8) is 0 Å². The molecule has 1 aliphatic rings. The number of hydrogen-bond acceptors (Lipinski definition) is 5. The van der Waals surface area contributed by atoms with Gasteiger partial charge in [-0.05, 0) is 66.6 Å². The number of tetrazole rings is 1. The zero-order valence-electron chi connectivity index (χ0n) is 17.7. The van der Waals surface area contributed by atoms with Crippen LogP contribution in [0.4, 0.5) is 10.5 Å². The molecule has 8 heteroatoms. The molecule has 2 heterocycles. The van der Waals surface area contributed by atoms with Crippen LogP contribution in [-0.4, -0.2) is 62.2 Å². The number of anilines is 1. The van der Waals surface area contributed by atoms with Gasteiger partial charge in [0.25, 0.3) is 0 Å². The molecule has 2 aromatic carbocycles. The van der Waals surface area contributed by atoms with Crippen molar-refractivity contribution in [2.24, 2.45) is 0 Å². The summed E-state index contributed by atoms with van der Waals surface area (Å²) in [5.41, 5.74) is 5.37. The molecule has 1 N–H and O–H groups in total. The first kappa shape index (κ1) is 20.0. The third-order valence-corrected chi connectivity index (χ3v) is 5.60. The molecule has 0 spiro atoms. The van der Waals surface area contributed by atoms with E-state index >= 15 is 0 Å². The summed E-state index contributed by atoms with van der Waals surface area (Å²) >= 11 is 0. The molecule has 156 valence electrons. The van der Waals surface area contributed by atoms with E-state index in [-0.39, 0.29) is 6.03 Å². The first-order valence-electron chi connectivity index (χ1n) is 10.2. The minimum atomic E-state index is -0.0533. The molecule has 0 radical (unpaired) electrons. The van der Waals surface area contributed by atoms with Gasteiger partial charge in [0.15, 0.2) is 5.82 Å². The number of piperazine rings is 1. The van der Waals surface area contributed by atoms with Gasteiger partial charge in [0, 0.05) is 31.9 Å². The molecule has 0 unspecified atom stereocenters. The van der Waals surface area contributed by atoms with Crippen LogP contribution in [-0.2, 0) is 6.54 Å². The van der Waals surface area contributed by atoms with Crippen LogP contribution in [0.25, 0.3) is 5.69 Å². The molecule has 4 rings (SSSR count). The van der Waals surface area contributed by atoms with Crippen molar-refractivity contribution in [1.29, 1.82) is 0 Å². The number of nitrogens with zero attached hydrogens (tertiary/aromatic N) is 6. The fourth-order valence-corrected chi connectivity index (χ4v) is 3.52. The van der Waals surface area contributed by atoms with Gasteiger partial charge < -0.3 is 10.2 Å². The smallest absolute Gasteiger partial charge is 0.321 e. The summed E-state index contributed by atoms with van der Waals surface area (Å²) in [6.07, 6.45) is 0. The van der Waals surface area contributed by atoms with Gasteiger partial charge in [-0.15, -0.1) is 5.10 Å². The first-order chi connectivity index (χ1) is 14.5. The Balaban J connectivity index is 1.33. The lowest BCUT2D eigenvalue weighted by Gasteiger charge is -2.34. The Kier molecular flexibility index (Phi) is 5.76. The van der Waals surface area contributed by atoms with E-state index in [1.165, 1.54) is 16.7 Å². The molecule has 2 amide bonds. The Hall–Kier alpha value is -3.26. The van der Waals surface area contributed by atoms with Crippen molar-refractivity contribution in [2.45, 2.75) is 27.3 Å². The highest BCUT2D eigenvalue weighted by molar-refractivity contribution is 5.89. The molecule has 0 saturated carbocycles. The number of aromatic nitrogens is 4. The number of urea groups is 1. The quantitative estimate of drug-likeness (QED) is 0.722. The number of carbonyl (C=O) groups is 1. The minimum absolute atomic E-state index is 0.0533. The maximum atomic E-state index is 12.6. The van der Waals surface area contributed by atoms with E-state index in [2.05, 4.69) is 39.6 Å². The van der Waals surface area contributed by atoms with E-state index in [0.717, 1.165) is 30.3 Å². The molecule has 0 aliphatic carbocycles. The van der Waals surface area contributed by atoms with E-state index < -0.39 is 0 Å². The van der Waals surface area contributed by atoms with Crippen LogP contribution in [0, 0.1) is 20.8 Å². The van der Waals surface area contributed by atoms with Gasteiger partial charge in [0.1, 0.15) is 0 Å². The van der Waals surface area contributed by atoms with Crippen molar-refractivity contribution in [2.75, 3.05) is 31.5 Å². The molecule has 1 aliphatic heterocycles. The number of aryl methyl sites for hydroxylation is 3. The van der Waals surface area contributed by atoms with Crippen molar-refractivity contribution < 1.29 is 4.79 Å². The summed E-state index contributed by atoms with van der Waals surface area (Å²) in [6, 6.07) is 14.1. The molecule has 0 atom stereocenters. The summed E-state index contributed by atoms with van der Waals surface area (Å²) in [6.45, 7) is 9.71. The van der Waals surface area contributed by atoms with Gasteiger partial charge in [-0.3, -0.25) is 4.90 Å². The third kappa shape index (κ3) is 4.49. The molecule has 1 fully saturated rings. The number of rotatable bonds is 4. The SMILES string of the molecule is Cc1ccc(-n2nnnc2CN2CCN(C(=O)Nc3ccc(C)c(C)c3)CC2)cc1. The van der Waals surface area contributed by atoms with Gasteiger partial charge >= 0.3 is 6.03 Å². The maximum Gasteiger partial charge on any atom is 0.321 e. The number of benzene rings is 2. The average Bonchev–Trinajstić information content (AvgIpc) is 3.20. The molecule has 1 aromatic heterocycles. The molecular weight excluding hydrogens is 378 g/mol. The normalized spacial score (nSPS) is 14.7. The number of nitrogens with one attached hydrogen (secondary N) is 1. The van der Waals surface area contributed by atoms with E-state index in [1.807, 2.05) is 54.3 Å². The van der Waals surface area contributed by atoms with E-state index in [1.54, 1.807) is 4.68 Å². The lowest BCUT2D eigenvalue weighted by Crippen LogP contribution is -2.49. The topological polar surface area (TPSA) is 79.2 Å². The Bertz CT molecular complexity index is 1020. The summed E-state index contributed by atoms with van der Waals surface area (Å²) in [5, 5.41) is 15.2. The van der Waals surface area contributed by atoms with E-state index in [0.29, 0.717) is 19.6 Å². The summed E-state index contributed by atoms with van der Waals surface area (Å²) < 4.78 is 1.78. The minimum Gasteiger partial charge on any atom is -0.322 e. The lowest BCUT2D eigenvalue weighted by molar-refractivity contribution is 0.140. The largest absolute Gasteiger partial charge is 0.322 e. The monoisotopic (exact) mass is 405 g/mol. The predicted octanol–water partition coefficient (Wildman–Crippen LogP) is 2.94. The molecule has 1 saturated heterocycles. The molecule has 3 aromatic rings. The Morgan fingerprint density at radius 2 is 1.70 bits per heavy atom. The van der Waals surface area contributed by atoms with Crippen LogP contribution < -0.4 is 5.32 Å². The standard InChI is InChI=1S/C22H27N7O/c1-16-4-8-20(9-5-16)29-21(24-25-26-29)15-27-10-12-28(13-11-27)22(30)23-19-7-6-17(2)18(3)14-19/h4-9,14H,10-13,15H2,1-3H3,(H,23,30). The van der Waals surface area contributed by atoms with Crippen molar-refractivity contribution in [3.8, 4) is 5.69 Å². The Morgan fingerprint density at radius 3 is 2.40 bits per heavy atom. The average molecular weight is 406 g/mol. The molecule has 30 heavy (non-hydrogen) atoms. The van der Waals surface area contributed by atoms with Gasteiger partial charge in [0.05, 0.1) is 12.2 Å². The van der Waals surface area contributed by atoms with Crippen LogP contribution >= 0.6 is 0 Å². The van der Waals surface area contributed by atoms with Crippen LogP contribution in [0.2, 0.25) is 0 Å². The van der Waals surface area contributed by atoms with Crippen LogP contribution in [0.15, 0.2) is 42.5 Å². The predicted molar refractivity (Wildman–Crippen MR) is 116 cm³/mol. The van der Waals surface area contributed by atoms with Crippen molar-refractivity contribution >= 4 is 11.7 Å². The highest BCUT2D eigenvalue weighted by Gasteiger charge is 2.23. The first-order valence-corrected chi connectivity index (χ1v) is 10.2. The lowest BCUT2D eigenvalue weighted by atomic mass is 10.1. The van der Waals surface area contributed by atoms with Crippen molar-refractivity contribution in [3.05, 3.63) is 65.0 Å². The maximum absolute atomic E-state index is 12.6. The second-order valence-electron chi connectivity index (χ2n) is 7.83. The van der Waals surface area contributed by atoms with Gasteiger partial charge in [-0.25, -0.2) is 4.79 Å². The second-order valence-corrected chi connectivity index (χ2v) is 7.83. The second kappa shape index (κ2) is 8.62. The zero-order chi connectivity index (χ0) is 21.1.